The predicted molar refractivity (Wildman–Crippen MR) is 27.4 cm³/mol. The zero-order valence-corrected chi connectivity index (χ0v) is 5.38. The van der Waals surface area contributed by atoms with E-state index in [1.165, 1.54) is 0 Å². The Hall–Kier alpha value is -0.390. The molecule has 0 saturated carbocycles. The number of hydrogen-bond acceptors (Lipinski definition) is 1. The van der Waals surface area contributed by atoms with Crippen molar-refractivity contribution in [3.8, 4) is 0 Å². The standard InChI is InChI=1S/C5H6F5N/c6-4(7)1-3(11-2-4)5(8,9)10/h3,11H,1-2H2. The first-order chi connectivity index (χ1) is 4.81. The lowest BCUT2D eigenvalue weighted by Crippen LogP contribution is -2.36. The molecule has 0 aromatic heterocycles. The molecular formula is C5H6F5N. The molecule has 1 aliphatic heterocycles. The molecule has 1 N–H and O–H groups in total. The Bertz CT molecular complexity index is 151. The normalized spacial score (nSPS) is 30.8. The third kappa shape index (κ3) is 2.02. The highest BCUT2D eigenvalue weighted by atomic mass is 19.4. The van der Waals surface area contributed by atoms with Gasteiger partial charge in [0.1, 0.15) is 6.04 Å². The maximum Gasteiger partial charge on any atom is 0.404 e. The summed E-state index contributed by atoms with van der Waals surface area (Å²) >= 11 is 0. The molecule has 0 aromatic carbocycles. The number of alkyl halides is 5. The highest BCUT2D eigenvalue weighted by Crippen LogP contribution is 2.33. The van der Waals surface area contributed by atoms with Crippen LogP contribution in [0.4, 0.5) is 22.0 Å². The van der Waals surface area contributed by atoms with Crippen LogP contribution in [0.2, 0.25) is 0 Å². The quantitative estimate of drug-likeness (QED) is 0.550. The summed E-state index contributed by atoms with van der Waals surface area (Å²) in [5.74, 6) is -3.21. The van der Waals surface area contributed by atoms with Gasteiger partial charge in [0.25, 0.3) is 5.92 Å². The fraction of sp³-hybridized carbons (Fsp3) is 1.00. The van der Waals surface area contributed by atoms with Crippen LogP contribution < -0.4 is 5.32 Å². The van der Waals surface area contributed by atoms with Crippen LogP contribution in [-0.4, -0.2) is 24.7 Å². The Morgan fingerprint density at radius 3 is 2.00 bits per heavy atom. The van der Waals surface area contributed by atoms with Gasteiger partial charge in [-0.1, -0.05) is 0 Å². The molecule has 1 saturated heterocycles. The van der Waals surface area contributed by atoms with Crippen molar-refractivity contribution in [2.45, 2.75) is 24.6 Å². The molecule has 1 nitrogen and oxygen atoms in total. The van der Waals surface area contributed by atoms with E-state index < -0.39 is 31.1 Å². The first-order valence-electron chi connectivity index (χ1n) is 2.99. The van der Waals surface area contributed by atoms with Gasteiger partial charge in [-0.05, 0) is 0 Å². The molecule has 11 heavy (non-hydrogen) atoms. The zero-order valence-electron chi connectivity index (χ0n) is 5.38. The number of nitrogens with one attached hydrogen (secondary N) is 1. The van der Waals surface area contributed by atoms with E-state index in [9.17, 15) is 22.0 Å². The molecule has 0 radical (unpaired) electrons. The predicted octanol–water partition coefficient (Wildman–Crippen LogP) is 1.55. The van der Waals surface area contributed by atoms with E-state index in [0.717, 1.165) is 0 Å². The van der Waals surface area contributed by atoms with E-state index in [1.54, 1.807) is 5.32 Å². The fourth-order valence-corrected chi connectivity index (χ4v) is 0.947. The average Bonchev–Trinajstić information content (AvgIpc) is 2.07. The van der Waals surface area contributed by atoms with E-state index in [0.29, 0.717) is 0 Å². The van der Waals surface area contributed by atoms with E-state index in [2.05, 4.69) is 0 Å². The Morgan fingerprint density at radius 2 is 1.82 bits per heavy atom. The summed E-state index contributed by atoms with van der Waals surface area (Å²) in [5.41, 5.74) is 0. The summed E-state index contributed by atoms with van der Waals surface area (Å²) in [6, 6.07) is -2.04. The van der Waals surface area contributed by atoms with Crippen LogP contribution in [-0.2, 0) is 0 Å². The van der Waals surface area contributed by atoms with Crippen molar-refractivity contribution in [1.29, 1.82) is 0 Å². The highest BCUT2D eigenvalue weighted by molar-refractivity contribution is 4.91. The SMILES string of the molecule is FC1(F)CNC(C(F)(F)F)C1. The van der Waals surface area contributed by atoms with Gasteiger partial charge in [0.05, 0.1) is 6.54 Å². The third-order valence-electron chi connectivity index (χ3n) is 1.50. The second kappa shape index (κ2) is 2.30. The lowest BCUT2D eigenvalue weighted by atomic mass is 10.2. The largest absolute Gasteiger partial charge is 0.404 e. The van der Waals surface area contributed by atoms with Crippen LogP contribution in [0, 0.1) is 0 Å². The molecule has 66 valence electrons. The van der Waals surface area contributed by atoms with Crippen molar-refractivity contribution in [1.82, 2.24) is 5.32 Å². The van der Waals surface area contributed by atoms with Gasteiger partial charge in [-0.25, -0.2) is 8.78 Å². The lowest BCUT2D eigenvalue weighted by molar-refractivity contribution is -0.156. The minimum absolute atomic E-state index is 0.878. The van der Waals surface area contributed by atoms with Crippen LogP contribution >= 0.6 is 0 Å². The summed E-state index contributed by atoms with van der Waals surface area (Å²) in [6.45, 7) is -0.878. The monoisotopic (exact) mass is 175 g/mol. The summed E-state index contributed by atoms with van der Waals surface area (Å²) in [4.78, 5) is 0. The summed E-state index contributed by atoms with van der Waals surface area (Å²) in [5, 5.41) is 1.71. The number of halogens is 5. The fourth-order valence-electron chi connectivity index (χ4n) is 0.947. The Balaban J connectivity index is 2.55. The van der Waals surface area contributed by atoms with Crippen LogP contribution in [0.15, 0.2) is 0 Å². The van der Waals surface area contributed by atoms with E-state index >= 15 is 0 Å². The molecule has 0 amide bonds. The van der Waals surface area contributed by atoms with Crippen molar-refractivity contribution < 1.29 is 22.0 Å². The third-order valence-corrected chi connectivity index (χ3v) is 1.50. The maximum absolute atomic E-state index is 12.2. The minimum Gasteiger partial charge on any atom is -0.300 e. The Morgan fingerprint density at radius 1 is 1.27 bits per heavy atom. The summed E-state index contributed by atoms with van der Waals surface area (Å²) in [6.07, 6.45) is -5.70. The van der Waals surface area contributed by atoms with Crippen molar-refractivity contribution in [2.75, 3.05) is 6.54 Å². The van der Waals surface area contributed by atoms with Gasteiger partial charge < -0.3 is 5.32 Å². The van der Waals surface area contributed by atoms with Gasteiger partial charge in [-0.2, -0.15) is 13.2 Å². The molecule has 1 unspecified atom stereocenters. The smallest absolute Gasteiger partial charge is 0.300 e. The first-order valence-corrected chi connectivity index (χ1v) is 2.99. The van der Waals surface area contributed by atoms with Crippen LogP contribution in [0.3, 0.4) is 0 Å². The Kier molecular flexibility index (Phi) is 1.82. The average molecular weight is 175 g/mol. The molecule has 0 bridgehead atoms. The van der Waals surface area contributed by atoms with Gasteiger partial charge in [-0.15, -0.1) is 0 Å². The number of hydrogen-bond donors (Lipinski definition) is 1. The van der Waals surface area contributed by atoms with E-state index in [4.69, 9.17) is 0 Å². The van der Waals surface area contributed by atoms with Gasteiger partial charge >= 0.3 is 6.18 Å². The second-order valence-corrected chi connectivity index (χ2v) is 2.54. The van der Waals surface area contributed by atoms with Crippen molar-refractivity contribution in [3.63, 3.8) is 0 Å². The number of rotatable bonds is 0. The second-order valence-electron chi connectivity index (χ2n) is 2.54. The zero-order chi connectivity index (χ0) is 8.70. The molecule has 0 spiro atoms. The molecule has 6 heteroatoms. The molecule has 0 aliphatic carbocycles. The van der Waals surface area contributed by atoms with Gasteiger partial charge in [0.15, 0.2) is 0 Å². The molecule has 1 atom stereocenters. The maximum atomic E-state index is 12.2. The minimum atomic E-state index is -4.56. The topological polar surface area (TPSA) is 12.0 Å². The summed E-state index contributed by atoms with van der Waals surface area (Å²) < 4.78 is 59.4. The highest BCUT2D eigenvalue weighted by Gasteiger charge is 2.51. The van der Waals surface area contributed by atoms with Crippen molar-refractivity contribution in [2.24, 2.45) is 0 Å². The van der Waals surface area contributed by atoms with E-state index in [1.807, 2.05) is 0 Å². The van der Waals surface area contributed by atoms with E-state index in [-0.39, 0.29) is 0 Å². The van der Waals surface area contributed by atoms with Gasteiger partial charge in [-0.3, -0.25) is 0 Å². The van der Waals surface area contributed by atoms with Crippen molar-refractivity contribution in [3.05, 3.63) is 0 Å². The molecule has 1 heterocycles. The van der Waals surface area contributed by atoms with Gasteiger partial charge in [0, 0.05) is 6.42 Å². The lowest BCUT2D eigenvalue weighted by Gasteiger charge is -2.13. The Labute approximate surface area is 59.6 Å². The first kappa shape index (κ1) is 8.70. The van der Waals surface area contributed by atoms with Crippen LogP contribution in [0.1, 0.15) is 6.42 Å². The molecule has 0 aromatic rings. The molecule has 1 rings (SSSR count). The van der Waals surface area contributed by atoms with Crippen LogP contribution in [0.25, 0.3) is 0 Å². The van der Waals surface area contributed by atoms with Crippen molar-refractivity contribution >= 4 is 0 Å². The molecule has 1 fully saturated rings. The molecule has 1 aliphatic rings. The van der Waals surface area contributed by atoms with Crippen LogP contribution in [0.5, 0.6) is 0 Å². The van der Waals surface area contributed by atoms with Gasteiger partial charge in [0.2, 0.25) is 0 Å². The molecular weight excluding hydrogens is 169 g/mol. The summed E-state index contributed by atoms with van der Waals surface area (Å²) in [7, 11) is 0.